The Morgan fingerprint density at radius 3 is 2.81 bits per heavy atom. The van der Waals surface area contributed by atoms with Crippen LogP contribution in [0.15, 0.2) is 6.33 Å². The minimum atomic E-state index is 0.886. The first-order valence-corrected chi connectivity index (χ1v) is 5.94. The van der Waals surface area contributed by atoms with Gasteiger partial charge in [0.25, 0.3) is 0 Å². The van der Waals surface area contributed by atoms with Crippen LogP contribution in [0, 0.1) is 0 Å². The molecule has 0 aliphatic carbocycles. The number of fused-ring (bicyclic) bond motifs is 1. The van der Waals surface area contributed by atoms with Gasteiger partial charge in [-0.15, -0.1) is 0 Å². The van der Waals surface area contributed by atoms with Crippen molar-refractivity contribution in [2.75, 3.05) is 37.6 Å². The van der Waals surface area contributed by atoms with Crippen LogP contribution in [0.2, 0.25) is 0 Å². The van der Waals surface area contributed by atoms with E-state index in [0.29, 0.717) is 0 Å². The molecule has 2 aliphatic rings. The summed E-state index contributed by atoms with van der Waals surface area (Å²) < 4.78 is 0. The number of anilines is 1. The van der Waals surface area contributed by atoms with E-state index in [1.54, 1.807) is 6.33 Å². The molecule has 0 aromatic carbocycles. The van der Waals surface area contributed by atoms with Crippen molar-refractivity contribution < 1.29 is 0 Å². The number of hydrogen-bond donors (Lipinski definition) is 2. The largest absolute Gasteiger partial charge is 0.354 e. The molecule has 3 heterocycles. The van der Waals surface area contributed by atoms with Crippen LogP contribution in [-0.4, -0.2) is 42.7 Å². The monoisotopic (exact) mass is 219 g/mol. The van der Waals surface area contributed by atoms with Crippen LogP contribution in [0.5, 0.6) is 0 Å². The summed E-state index contributed by atoms with van der Waals surface area (Å²) in [6.45, 7) is 6.14. The van der Waals surface area contributed by atoms with Crippen LogP contribution >= 0.6 is 0 Å². The van der Waals surface area contributed by atoms with Crippen LogP contribution in [-0.2, 0) is 13.0 Å². The van der Waals surface area contributed by atoms with Crippen molar-refractivity contribution >= 4 is 5.82 Å². The first kappa shape index (κ1) is 9.99. The molecular formula is C11H17N5. The summed E-state index contributed by atoms with van der Waals surface area (Å²) in [5, 5.41) is 6.72. The Kier molecular flexibility index (Phi) is 2.71. The third kappa shape index (κ3) is 1.76. The summed E-state index contributed by atoms with van der Waals surface area (Å²) in [6, 6.07) is 0. The van der Waals surface area contributed by atoms with Gasteiger partial charge in [0.1, 0.15) is 12.1 Å². The van der Waals surface area contributed by atoms with Crippen LogP contribution in [0.1, 0.15) is 11.3 Å². The molecule has 0 saturated carbocycles. The average Bonchev–Trinajstić information content (AvgIpc) is 2.39. The van der Waals surface area contributed by atoms with Crippen molar-refractivity contribution in [1.29, 1.82) is 0 Å². The number of piperazine rings is 1. The standard InChI is InChI=1S/C11H17N5/c1-2-13-7-10-9(1)11(15-8-14-10)16-5-3-12-4-6-16/h8,12-13H,1-7H2. The van der Waals surface area contributed by atoms with Gasteiger partial charge in [-0.2, -0.15) is 0 Å². The molecule has 16 heavy (non-hydrogen) atoms. The van der Waals surface area contributed by atoms with E-state index < -0.39 is 0 Å². The van der Waals surface area contributed by atoms with E-state index in [2.05, 4.69) is 25.5 Å². The van der Waals surface area contributed by atoms with Gasteiger partial charge in [0.2, 0.25) is 0 Å². The predicted molar refractivity (Wildman–Crippen MR) is 62.5 cm³/mol. The Morgan fingerprint density at radius 2 is 1.94 bits per heavy atom. The Labute approximate surface area is 95.3 Å². The lowest BCUT2D eigenvalue weighted by Crippen LogP contribution is -2.44. The molecule has 2 N–H and O–H groups in total. The molecule has 0 radical (unpaired) electrons. The maximum Gasteiger partial charge on any atom is 0.135 e. The molecule has 1 fully saturated rings. The molecule has 0 unspecified atom stereocenters. The quantitative estimate of drug-likeness (QED) is 0.669. The smallest absolute Gasteiger partial charge is 0.135 e. The maximum atomic E-state index is 4.47. The summed E-state index contributed by atoms with van der Waals surface area (Å²) in [7, 11) is 0. The summed E-state index contributed by atoms with van der Waals surface area (Å²) in [4.78, 5) is 11.2. The molecule has 5 heteroatoms. The highest BCUT2D eigenvalue weighted by Gasteiger charge is 2.20. The molecule has 2 aliphatic heterocycles. The maximum absolute atomic E-state index is 4.47. The van der Waals surface area contributed by atoms with E-state index in [9.17, 15) is 0 Å². The lowest BCUT2D eigenvalue weighted by atomic mass is 10.1. The molecule has 5 nitrogen and oxygen atoms in total. The van der Waals surface area contributed by atoms with E-state index in [1.165, 1.54) is 11.3 Å². The average molecular weight is 219 g/mol. The number of rotatable bonds is 1. The van der Waals surface area contributed by atoms with Crippen LogP contribution < -0.4 is 15.5 Å². The lowest BCUT2D eigenvalue weighted by molar-refractivity contribution is 0.572. The number of nitrogens with zero attached hydrogens (tertiary/aromatic N) is 3. The van der Waals surface area contributed by atoms with Crippen molar-refractivity contribution in [2.45, 2.75) is 13.0 Å². The van der Waals surface area contributed by atoms with E-state index in [1.807, 2.05) is 0 Å². The van der Waals surface area contributed by atoms with Gasteiger partial charge in [-0.3, -0.25) is 0 Å². The van der Waals surface area contributed by atoms with E-state index >= 15 is 0 Å². The van der Waals surface area contributed by atoms with Crippen molar-refractivity contribution in [3.8, 4) is 0 Å². The molecular weight excluding hydrogens is 202 g/mol. The third-order valence-electron chi connectivity index (χ3n) is 3.27. The highest BCUT2D eigenvalue weighted by molar-refractivity contribution is 5.50. The molecule has 86 valence electrons. The van der Waals surface area contributed by atoms with Crippen LogP contribution in [0.25, 0.3) is 0 Å². The molecule has 1 aromatic heterocycles. The zero-order chi connectivity index (χ0) is 10.8. The van der Waals surface area contributed by atoms with Gasteiger partial charge in [0, 0.05) is 38.3 Å². The SMILES string of the molecule is c1nc2c(c(N3CCNCC3)n1)CCNC2. The Balaban J connectivity index is 1.93. The minimum Gasteiger partial charge on any atom is -0.354 e. The highest BCUT2D eigenvalue weighted by Crippen LogP contribution is 2.22. The first-order chi connectivity index (χ1) is 7.95. The molecule has 0 atom stereocenters. The number of hydrogen-bond acceptors (Lipinski definition) is 5. The second-order valence-corrected chi connectivity index (χ2v) is 4.29. The van der Waals surface area contributed by atoms with Gasteiger partial charge >= 0.3 is 0 Å². The first-order valence-electron chi connectivity index (χ1n) is 5.94. The fourth-order valence-electron chi connectivity index (χ4n) is 2.42. The Hall–Kier alpha value is -1.20. The second-order valence-electron chi connectivity index (χ2n) is 4.29. The molecule has 1 aromatic rings. The highest BCUT2D eigenvalue weighted by atomic mass is 15.2. The Bertz CT molecular complexity index is 373. The lowest BCUT2D eigenvalue weighted by Gasteiger charge is -2.31. The second kappa shape index (κ2) is 4.35. The summed E-state index contributed by atoms with van der Waals surface area (Å²) in [5.74, 6) is 1.16. The van der Waals surface area contributed by atoms with Crippen LogP contribution in [0.4, 0.5) is 5.82 Å². The number of nitrogens with one attached hydrogen (secondary N) is 2. The van der Waals surface area contributed by atoms with Crippen molar-refractivity contribution in [3.05, 3.63) is 17.6 Å². The molecule has 0 bridgehead atoms. The zero-order valence-electron chi connectivity index (χ0n) is 9.37. The molecule has 0 amide bonds. The topological polar surface area (TPSA) is 53.1 Å². The fourth-order valence-corrected chi connectivity index (χ4v) is 2.42. The van der Waals surface area contributed by atoms with Crippen molar-refractivity contribution in [3.63, 3.8) is 0 Å². The summed E-state index contributed by atoms with van der Waals surface area (Å²) in [5.41, 5.74) is 2.53. The van der Waals surface area contributed by atoms with Gasteiger partial charge in [-0.05, 0) is 13.0 Å². The normalized spacial score (nSPS) is 20.6. The predicted octanol–water partition coefficient (Wildman–Crippen LogP) is -0.468. The fraction of sp³-hybridized carbons (Fsp3) is 0.636. The van der Waals surface area contributed by atoms with E-state index in [-0.39, 0.29) is 0 Å². The van der Waals surface area contributed by atoms with E-state index in [0.717, 1.165) is 51.5 Å². The van der Waals surface area contributed by atoms with Crippen LogP contribution in [0.3, 0.4) is 0 Å². The van der Waals surface area contributed by atoms with Gasteiger partial charge in [0.05, 0.1) is 5.69 Å². The van der Waals surface area contributed by atoms with Gasteiger partial charge < -0.3 is 15.5 Å². The van der Waals surface area contributed by atoms with Crippen molar-refractivity contribution in [1.82, 2.24) is 20.6 Å². The molecule has 1 saturated heterocycles. The number of aromatic nitrogens is 2. The van der Waals surface area contributed by atoms with Gasteiger partial charge in [-0.1, -0.05) is 0 Å². The summed E-state index contributed by atoms with van der Waals surface area (Å²) in [6.07, 6.45) is 2.75. The molecule has 0 spiro atoms. The van der Waals surface area contributed by atoms with Gasteiger partial charge in [0.15, 0.2) is 0 Å². The Morgan fingerprint density at radius 1 is 1.06 bits per heavy atom. The molecule has 3 rings (SSSR count). The zero-order valence-corrected chi connectivity index (χ0v) is 9.37. The van der Waals surface area contributed by atoms with Crippen molar-refractivity contribution in [2.24, 2.45) is 0 Å². The van der Waals surface area contributed by atoms with Gasteiger partial charge in [-0.25, -0.2) is 9.97 Å². The summed E-state index contributed by atoms with van der Waals surface area (Å²) >= 11 is 0. The third-order valence-corrected chi connectivity index (χ3v) is 3.27. The van der Waals surface area contributed by atoms with E-state index in [4.69, 9.17) is 0 Å². The minimum absolute atomic E-state index is 0.886.